The molecule has 0 unspecified atom stereocenters. The molecule has 7 nitrogen and oxygen atoms in total. The third kappa shape index (κ3) is 8.16. The maximum atomic E-state index is 12.1. The Bertz CT molecular complexity index is 875. The number of nitrogens with two attached hydrogens (primary N) is 1. The third-order valence-electron chi connectivity index (χ3n) is 4.73. The van der Waals surface area contributed by atoms with E-state index in [0.717, 1.165) is 19.3 Å². The van der Waals surface area contributed by atoms with Crippen LogP contribution >= 0.6 is 11.6 Å². The number of nitrogens with zero attached hydrogens (tertiary/aromatic N) is 1. The molecule has 1 aliphatic heterocycles. The van der Waals surface area contributed by atoms with Crippen LogP contribution in [0.3, 0.4) is 0 Å². The number of primary amides is 1. The van der Waals surface area contributed by atoms with Crippen LogP contribution in [0.5, 0.6) is 11.5 Å². The fourth-order valence-corrected chi connectivity index (χ4v) is 3.39. The quantitative estimate of drug-likeness (QED) is 0.619. The molecular weight excluding hydrogens is 432 g/mol. The number of piperidine rings is 1. The molecular formula is C24H33ClN2O5. The van der Waals surface area contributed by atoms with Gasteiger partial charge in [-0.2, -0.15) is 0 Å². The number of benzene rings is 1. The summed E-state index contributed by atoms with van der Waals surface area (Å²) in [5.74, 6) is 6.61. The van der Waals surface area contributed by atoms with Gasteiger partial charge in [-0.15, -0.1) is 0 Å². The summed E-state index contributed by atoms with van der Waals surface area (Å²) in [5.41, 5.74) is 5.17. The fourth-order valence-electron chi connectivity index (χ4n) is 3.19. The van der Waals surface area contributed by atoms with Gasteiger partial charge in [-0.1, -0.05) is 23.4 Å². The zero-order valence-corrected chi connectivity index (χ0v) is 20.3. The number of likely N-dealkylation sites (tertiary alicyclic amines) is 1. The van der Waals surface area contributed by atoms with E-state index in [9.17, 15) is 9.59 Å². The first-order valence-corrected chi connectivity index (χ1v) is 11.2. The largest absolute Gasteiger partial charge is 0.489 e. The van der Waals surface area contributed by atoms with Crippen LogP contribution in [0.1, 0.15) is 64.2 Å². The van der Waals surface area contributed by atoms with Crippen molar-refractivity contribution in [1.82, 2.24) is 4.90 Å². The lowest BCUT2D eigenvalue weighted by atomic mass is 9.94. The maximum absolute atomic E-state index is 12.1. The molecule has 1 heterocycles. The number of amides is 2. The van der Waals surface area contributed by atoms with Crippen LogP contribution in [-0.2, 0) is 4.74 Å². The summed E-state index contributed by atoms with van der Waals surface area (Å²) in [6.45, 7) is 10.8. The maximum Gasteiger partial charge on any atom is 0.410 e. The fraction of sp³-hybridized carbons (Fsp3) is 0.583. The molecule has 2 N–H and O–H groups in total. The van der Waals surface area contributed by atoms with Crippen molar-refractivity contribution in [2.75, 3.05) is 19.7 Å². The minimum Gasteiger partial charge on any atom is -0.489 e. The van der Waals surface area contributed by atoms with Crippen LogP contribution in [0.25, 0.3) is 0 Å². The second-order valence-corrected chi connectivity index (χ2v) is 9.45. The number of ether oxygens (including phenoxy) is 3. The van der Waals surface area contributed by atoms with Gasteiger partial charge in [0.1, 0.15) is 28.7 Å². The van der Waals surface area contributed by atoms with Crippen molar-refractivity contribution in [2.24, 2.45) is 11.7 Å². The van der Waals surface area contributed by atoms with Crippen LogP contribution in [0, 0.1) is 17.8 Å². The number of carbonyl (C=O) groups excluding carboxylic acids is 2. The molecule has 0 bridgehead atoms. The first kappa shape index (κ1) is 25.7. The highest BCUT2D eigenvalue weighted by Crippen LogP contribution is 2.36. The lowest BCUT2D eigenvalue weighted by molar-refractivity contribution is 0.0185. The lowest BCUT2D eigenvalue weighted by Gasteiger charge is -2.32. The van der Waals surface area contributed by atoms with E-state index in [-0.39, 0.29) is 29.4 Å². The standard InChI is InChI=1S/C24H33ClN2O5/c1-16(2)31-20-15-18(22(26)28)14-19(21(20)25)30-13-7-6-8-17-9-11-27(12-10-17)23(29)32-24(3,4)5/h14-17H,8-13H2,1-5H3,(H2,26,28). The monoisotopic (exact) mass is 464 g/mol. The smallest absolute Gasteiger partial charge is 0.410 e. The van der Waals surface area contributed by atoms with E-state index >= 15 is 0 Å². The van der Waals surface area contributed by atoms with E-state index in [1.807, 2.05) is 34.6 Å². The second-order valence-electron chi connectivity index (χ2n) is 9.07. The highest BCUT2D eigenvalue weighted by atomic mass is 35.5. The van der Waals surface area contributed by atoms with E-state index < -0.39 is 11.5 Å². The Kier molecular flexibility index (Phi) is 9.09. The highest BCUT2D eigenvalue weighted by molar-refractivity contribution is 6.33. The molecule has 32 heavy (non-hydrogen) atoms. The Morgan fingerprint density at radius 1 is 1.19 bits per heavy atom. The Labute approximate surface area is 195 Å². The number of hydrogen-bond donors (Lipinski definition) is 1. The van der Waals surface area contributed by atoms with Crippen molar-refractivity contribution in [3.05, 3.63) is 22.7 Å². The summed E-state index contributed by atoms with van der Waals surface area (Å²) < 4.78 is 16.7. The van der Waals surface area contributed by atoms with E-state index in [1.165, 1.54) is 12.1 Å². The molecule has 0 saturated carbocycles. The molecule has 1 saturated heterocycles. The molecule has 0 spiro atoms. The number of halogens is 1. The van der Waals surface area contributed by atoms with Crippen LogP contribution < -0.4 is 15.2 Å². The molecule has 0 atom stereocenters. The first-order valence-electron chi connectivity index (χ1n) is 10.8. The summed E-state index contributed by atoms with van der Waals surface area (Å²) in [4.78, 5) is 25.5. The molecule has 1 aromatic rings. The topological polar surface area (TPSA) is 91.1 Å². The molecule has 1 aliphatic rings. The second kappa shape index (κ2) is 11.3. The molecule has 0 aromatic heterocycles. The van der Waals surface area contributed by atoms with Crippen molar-refractivity contribution < 1.29 is 23.8 Å². The summed E-state index contributed by atoms with van der Waals surface area (Å²) in [7, 11) is 0. The van der Waals surface area contributed by atoms with Crippen LogP contribution in [0.4, 0.5) is 4.79 Å². The lowest BCUT2D eigenvalue weighted by Crippen LogP contribution is -2.41. The molecule has 8 heteroatoms. The van der Waals surface area contributed by atoms with Crippen molar-refractivity contribution >= 4 is 23.6 Å². The van der Waals surface area contributed by atoms with E-state index in [1.54, 1.807) is 4.90 Å². The van der Waals surface area contributed by atoms with Crippen molar-refractivity contribution in [1.29, 1.82) is 0 Å². The van der Waals surface area contributed by atoms with Crippen LogP contribution in [-0.4, -0.2) is 48.3 Å². The highest BCUT2D eigenvalue weighted by Gasteiger charge is 2.26. The van der Waals surface area contributed by atoms with Gasteiger partial charge >= 0.3 is 6.09 Å². The predicted molar refractivity (Wildman–Crippen MR) is 124 cm³/mol. The molecule has 1 aromatic carbocycles. The SMILES string of the molecule is CC(C)Oc1cc(C(N)=O)cc(OCC#CCC2CCN(C(=O)OC(C)(C)C)CC2)c1Cl. The van der Waals surface area contributed by atoms with Gasteiger partial charge in [0.05, 0.1) is 6.10 Å². The minimum atomic E-state index is -0.594. The summed E-state index contributed by atoms with van der Waals surface area (Å²) in [5, 5.41) is 0.278. The van der Waals surface area contributed by atoms with Crippen molar-refractivity contribution in [3.8, 4) is 23.3 Å². The first-order chi connectivity index (χ1) is 15.0. The molecule has 1 fully saturated rings. The Morgan fingerprint density at radius 2 is 1.81 bits per heavy atom. The number of hydrogen-bond acceptors (Lipinski definition) is 5. The zero-order valence-electron chi connectivity index (χ0n) is 19.5. The normalized spacial score (nSPS) is 14.5. The Balaban J connectivity index is 1.86. The van der Waals surface area contributed by atoms with Gasteiger partial charge in [0.25, 0.3) is 0 Å². The van der Waals surface area contributed by atoms with Crippen molar-refractivity contribution in [2.45, 2.75) is 65.6 Å². The van der Waals surface area contributed by atoms with Gasteiger partial charge in [0.2, 0.25) is 5.91 Å². The molecule has 176 valence electrons. The average Bonchev–Trinajstić information content (AvgIpc) is 2.68. The van der Waals surface area contributed by atoms with Crippen LogP contribution in [0.15, 0.2) is 12.1 Å². The van der Waals surface area contributed by atoms with Gasteiger partial charge in [-0.05, 0) is 65.5 Å². The molecule has 0 radical (unpaired) electrons. The summed E-state index contributed by atoms with van der Waals surface area (Å²) in [6.07, 6.45) is 2.12. The Morgan fingerprint density at radius 3 is 2.38 bits per heavy atom. The number of rotatable bonds is 6. The summed E-state index contributed by atoms with van der Waals surface area (Å²) >= 11 is 6.35. The van der Waals surface area contributed by atoms with E-state index in [0.29, 0.717) is 30.5 Å². The van der Waals surface area contributed by atoms with Gasteiger partial charge in [-0.3, -0.25) is 4.79 Å². The average molecular weight is 465 g/mol. The summed E-state index contributed by atoms with van der Waals surface area (Å²) in [6, 6.07) is 3.00. The minimum absolute atomic E-state index is 0.120. The van der Waals surface area contributed by atoms with Gasteiger partial charge < -0.3 is 24.8 Å². The van der Waals surface area contributed by atoms with E-state index in [4.69, 9.17) is 31.5 Å². The van der Waals surface area contributed by atoms with E-state index in [2.05, 4.69) is 11.8 Å². The van der Waals surface area contributed by atoms with Gasteiger partial charge in [-0.25, -0.2) is 4.79 Å². The predicted octanol–water partition coefficient (Wildman–Crippen LogP) is 4.65. The molecule has 0 aliphatic carbocycles. The van der Waals surface area contributed by atoms with Crippen LogP contribution in [0.2, 0.25) is 5.02 Å². The van der Waals surface area contributed by atoms with Crippen molar-refractivity contribution in [3.63, 3.8) is 0 Å². The molecule has 2 amide bonds. The van der Waals surface area contributed by atoms with Gasteiger partial charge in [0.15, 0.2) is 0 Å². The third-order valence-corrected chi connectivity index (χ3v) is 5.11. The molecule has 2 rings (SSSR count). The van der Waals surface area contributed by atoms with Gasteiger partial charge in [0, 0.05) is 25.1 Å². The zero-order chi connectivity index (χ0) is 23.9. The number of carbonyl (C=O) groups is 2. The Hall–Kier alpha value is -2.59.